The number of nitrogens with one attached hydrogen (secondary N) is 1. The summed E-state index contributed by atoms with van der Waals surface area (Å²) >= 11 is 0. The molecule has 0 aliphatic carbocycles. The lowest BCUT2D eigenvalue weighted by molar-refractivity contribution is -0.139. The highest BCUT2D eigenvalue weighted by molar-refractivity contribution is 5.32. The van der Waals surface area contributed by atoms with Gasteiger partial charge in [0, 0.05) is 12.5 Å². The number of benzene rings is 1. The Morgan fingerprint density at radius 3 is 2.11 bits per heavy atom. The number of halogens is 6. The summed E-state index contributed by atoms with van der Waals surface area (Å²) in [6.07, 6.45) is -10.9. The maximum absolute atomic E-state index is 12.7. The Morgan fingerprint density at radius 1 is 1.05 bits per heavy atom. The lowest BCUT2D eigenvalue weighted by Gasteiger charge is -2.21. The van der Waals surface area contributed by atoms with Crippen molar-refractivity contribution < 1.29 is 26.3 Å². The van der Waals surface area contributed by atoms with Gasteiger partial charge in [0.05, 0.1) is 5.56 Å². The Hall–Kier alpha value is -1.28. The Balaban J connectivity index is 2.99. The summed E-state index contributed by atoms with van der Waals surface area (Å²) in [6, 6.07) is 3.21. The summed E-state index contributed by atoms with van der Waals surface area (Å²) in [5, 5.41) is 0. The molecule has 0 aliphatic rings. The van der Waals surface area contributed by atoms with Gasteiger partial charge >= 0.3 is 12.4 Å². The van der Waals surface area contributed by atoms with E-state index in [1.807, 2.05) is 5.43 Å². The van der Waals surface area contributed by atoms with Gasteiger partial charge in [0.2, 0.25) is 0 Å². The van der Waals surface area contributed by atoms with Crippen molar-refractivity contribution in [3.63, 3.8) is 0 Å². The molecule has 1 aromatic carbocycles. The minimum Gasteiger partial charge on any atom is -0.271 e. The van der Waals surface area contributed by atoms with Crippen molar-refractivity contribution in [1.82, 2.24) is 5.43 Å². The fourth-order valence-corrected chi connectivity index (χ4v) is 1.70. The van der Waals surface area contributed by atoms with Crippen LogP contribution in [0.5, 0.6) is 0 Å². The number of hydrogen-bond donors (Lipinski definition) is 2. The van der Waals surface area contributed by atoms with E-state index in [0.717, 1.165) is 12.1 Å². The second kappa shape index (κ2) is 5.79. The van der Waals surface area contributed by atoms with Gasteiger partial charge < -0.3 is 0 Å². The van der Waals surface area contributed by atoms with Crippen LogP contribution >= 0.6 is 0 Å². The molecule has 2 nitrogen and oxygen atoms in total. The first-order valence-corrected chi connectivity index (χ1v) is 5.34. The van der Waals surface area contributed by atoms with E-state index in [4.69, 9.17) is 5.84 Å². The molecular formula is C11H12F6N2. The summed E-state index contributed by atoms with van der Waals surface area (Å²) in [6.45, 7) is 0. The topological polar surface area (TPSA) is 38.0 Å². The molecule has 1 rings (SSSR count). The number of rotatable bonds is 4. The lowest BCUT2D eigenvalue weighted by Crippen LogP contribution is -2.30. The predicted octanol–water partition coefficient (Wildman–Crippen LogP) is 3.55. The van der Waals surface area contributed by atoms with Crippen LogP contribution < -0.4 is 11.3 Å². The van der Waals surface area contributed by atoms with Gasteiger partial charge in [-0.2, -0.15) is 26.3 Å². The third-order valence-electron chi connectivity index (χ3n) is 2.56. The lowest BCUT2D eigenvalue weighted by atomic mass is 9.97. The highest BCUT2D eigenvalue weighted by Crippen LogP contribution is 2.36. The van der Waals surface area contributed by atoms with Crippen molar-refractivity contribution in [3.8, 4) is 0 Å². The van der Waals surface area contributed by atoms with Crippen molar-refractivity contribution >= 4 is 0 Å². The van der Waals surface area contributed by atoms with Gasteiger partial charge in [-0.1, -0.05) is 18.2 Å². The van der Waals surface area contributed by atoms with E-state index in [9.17, 15) is 26.3 Å². The van der Waals surface area contributed by atoms with Gasteiger partial charge in [-0.15, -0.1) is 0 Å². The van der Waals surface area contributed by atoms with E-state index >= 15 is 0 Å². The quantitative estimate of drug-likeness (QED) is 0.504. The second-order valence-electron chi connectivity index (χ2n) is 3.96. The summed E-state index contributed by atoms with van der Waals surface area (Å²) in [5.41, 5.74) is 0.727. The average molecular weight is 286 g/mol. The average Bonchev–Trinajstić information content (AvgIpc) is 2.27. The van der Waals surface area contributed by atoms with Crippen LogP contribution in [0.1, 0.15) is 30.0 Å². The van der Waals surface area contributed by atoms with Crippen LogP contribution in [-0.2, 0) is 6.18 Å². The molecule has 0 saturated carbocycles. The van der Waals surface area contributed by atoms with Gasteiger partial charge in [0.1, 0.15) is 0 Å². The molecule has 0 saturated heterocycles. The van der Waals surface area contributed by atoms with Gasteiger partial charge in [0.15, 0.2) is 0 Å². The van der Waals surface area contributed by atoms with E-state index in [1.165, 1.54) is 12.1 Å². The zero-order valence-corrected chi connectivity index (χ0v) is 9.65. The highest BCUT2D eigenvalue weighted by atomic mass is 19.4. The van der Waals surface area contributed by atoms with Crippen molar-refractivity contribution in [2.24, 2.45) is 5.84 Å². The molecule has 1 unspecified atom stereocenters. The molecule has 0 radical (unpaired) electrons. The number of alkyl halides is 6. The predicted molar refractivity (Wildman–Crippen MR) is 56.8 cm³/mol. The molecule has 0 spiro atoms. The molecule has 0 aliphatic heterocycles. The third kappa shape index (κ3) is 4.71. The third-order valence-corrected chi connectivity index (χ3v) is 2.56. The van der Waals surface area contributed by atoms with E-state index in [1.54, 1.807) is 0 Å². The molecule has 0 aromatic heterocycles. The van der Waals surface area contributed by atoms with Gasteiger partial charge in [0.25, 0.3) is 0 Å². The van der Waals surface area contributed by atoms with Crippen LogP contribution in [0.3, 0.4) is 0 Å². The first kappa shape index (κ1) is 15.8. The van der Waals surface area contributed by atoms with Crippen molar-refractivity contribution in [2.45, 2.75) is 31.2 Å². The number of hydrazine groups is 1. The van der Waals surface area contributed by atoms with Crippen LogP contribution in [0.2, 0.25) is 0 Å². The maximum atomic E-state index is 12.7. The van der Waals surface area contributed by atoms with Crippen molar-refractivity contribution in [2.75, 3.05) is 0 Å². The minimum atomic E-state index is -4.63. The zero-order valence-electron chi connectivity index (χ0n) is 9.65. The molecule has 0 amide bonds. The van der Waals surface area contributed by atoms with Crippen LogP contribution in [0.15, 0.2) is 24.3 Å². The Bertz CT molecular complexity index is 412. The van der Waals surface area contributed by atoms with Crippen LogP contribution in [0.25, 0.3) is 0 Å². The smallest absolute Gasteiger partial charge is 0.271 e. The monoisotopic (exact) mass is 286 g/mol. The molecule has 0 bridgehead atoms. The summed E-state index contributed by atoms with van der Waals surface area (Å²) in [4.78, 5) is 0. The van der Waals surface area contributed by atoms with Crippen LogP contribution in [0, 0.1) is 0 Å². The molecule has 3 N–H and O–H groups in total. The first-order chi connectivity index (χ1) is 8.65. The number of nitrogens with two attached hydrogens (primary N) is 1. The largest absolute Gasteiger partial charge is 0.416 e. The summed E-state index contributed by atoms with van der Waals surface area (Å²) in [5.74, 6) is 5.06. The van der Waals surface area contributed by atoms with Crippen LogP contribution in [-0.4, -0.2) is 6.18 Å². The van der Waals surface area contributed by atoms with Crippen molar-refractivity contribution in [1.29, 1.82) is 0 Å². The minimum absolute atomic E-state index is 0.290. The molecule has 19 heavy (non-hydrogen) atoms. The highest BCUT2D eigenvalue weighted by Gasteiger charge is 2.36. The zero-order chi connectivity index (χ0) is 14.7. The molecular weight excluding hydrogens is 274 g/mol. The summed E-state index contributed by atoms with van der Waals surface area (Å²) in [7, 11) is 0. The number of hydrogen-bond acceptors (Lipinski definition) is 2. The molecule has 1 aromatic rings. The van der Waals surface area contributed by atoms with Gasteiger partial charge in [-0.05, 0) is 18.1 Å². The standard InChI is InChI=1S/C11H12F6N2/c12-10(13,14)6-5-9(19-18)7-3-1-2-4-8(7)11(15,16)17/h1-4,9,19H,5-6,18H2. The fraction of sp³-hybridized carbons (Fsp3) is 0.455. The van der Waals surface area contributed by atoms with Gasteiger partial charge in [-0.3, -0.25) is 11.3 Å². The normalized spacial score (nSPS) is 14.5. The first-order valence-electron chi connectivity index (χ1n) is 5.34. The molecule has 8 heteroatoms. The fourth-order valence-electron chi connectivity index (χ4n) is 1.70. The maximum Gasteiger partial charge on any atom is 0.416 e. The van der Waals surface area contributed by atoms with Crippen LogP contribution in [0.4, 0.5) is 26.3 Å². The van der Waals surface area contributed by atoms with Gasteiger partial charge in [-0.25, -0.2) is 0 Å². The van der Waals surface area contributed by atoms with E-state index in [2.05, 4.69) is 0 Å². The van der Waals surface area contributed by atoms with Crippen molar-refractivity contribution in [3.05, 3.63) is 35.4 Å². The Kier molecular flexibility index (Phi) is 4.81. The Morgan fingerprint density at radius 2 is 1.63 bits per heavy atom. The van der Waals surface area contributed by atoms with E-state index in [-0.39, 0.29) is 5.56 Å². The SMILES string of the molecule is NNC(CCC(F)(F)F)c1ccccc1C(F)(F)F. The molecule has 0 fully saturated rings. The summed E-state index contributed by atoms with van der Waals surface area (Å²) < 4.78 is 74.5. The Labute approximate surface area is 105 Å². The van der Waals surface area contributed by atoms with E-state index < -0.39 is 36.8 Å². The molecule has 0 heterocycles. The second-order valence-corrected chi connectivity index (χ2v) is 3.96. The molecule has 1 atom stereocenters. The molecule has 108 valence electrons. The van der Waals surface area contributed by atoms with E-state index in [0.29, 0.717) is 0 Å².